The van der Waals surface area contributed by atoms with Gasteiger partial charge in [-0.15, -0.1) is 0 Å². The van der Waals surface area contributed by atoms with Gasteiger partial charge < -0.3 is 105 Å². The number of aromatic amines is 1. The van der Waals surface area contributed by atoms with Crippen molar-refractivity contribution in [2.45, 2.75) is 171 Å². The predicted molar refractivity (Wildman–Crippen MR) is 338 cm³/mol. The van der Waals surface area contributed by atoms with E-state index in [0.717, 1.165) is 4.90 Å². The minimum absolute atomic E-state index is 0.0200. The molecule has 2 saturated heterocycles. The fourth-order valence-electron chi connectivity index (χ4n) is 10.9. The lowest BCUT2D eigenvalue weighted by atomic mass is 9.97. The zero-order chi connectivity index (χ0) is 70.4. The van der Waals surface area contributed by atoms with Gasteiger partial charge in [-0.3, -0.25) is 57.5 Å². The summed E-state index contributed by atoms with van der Waals surface area (Å²) in [5, 5.41) is 82.5. The van der Waals surface area contributed by atoms with Gasteiger partial charge in [-0.25, -0.2) is 4.79 Å². The van der Waals surface area contributed by atoms with Crippen molar-refractivity contribution in [3.8, 4) is 5.75 Å². The van der Waals surface area contributed by atoms with Crippen LogP contribution in [0.5, 0.6) is 5.75 Å². The Morgan fingerprint density at radius 3 is 1.66 bits per heavy atom. The molecule has 2 aromatic carbocycles. The highest BCUT2D eigenvalue weighted by atomic mass is 16.4. The summed E-state index contributed by atoms with van der Waals surface area (Å²) in [7, 11) is 0. The summed E-state index contributed by atoms with van der Waals surface area (Å²) in [6, 6.07) is -5.19. The van der Waals surface area contributed by atoms with Crippen LogP contribution in [0, 0.1) is 11.8 Å². The van der Waals surface area contributed by atoms with E-state index in [1.165, 1.54) is 36.1 Å². The Kier molecular flexibility index (Phi) is 29.3. The van der Waals surface area contributed by atoms with Crippen LogP contribution in [-0.2, 0) is 75.2 Å². The molecule has 13 atom stereocenters. The molecule has 1 aromatic heterocycles. The number of phenols is 1. The maximum absolute atomic E-state index is 14.6. The number of primary amides is 1. The standard InChI is InChI=1S/C62H90N14O19/c1-6-32(4)50(74-52(84)38(63)27-77)59(91)73-46(30-80)56(88)68-42(25-35-26-65-39-12-8-7-11-37(35)39)53(85)66-33(5)51(83)71-44(28-78)55(87)67-40(19-20-49(64)82)60(92)76-22-10-14-48(76)61(93)75-21-9-13-47(75)58(90)69-41(24-34-15-17-36(81)18-16-34)54(86)72-45(29-79)57(89)70-43(62(94)95)23-31(2)3/h7-8,11-12,15-18,26,31-33,38,40-48,50,65,77-81H,6,9-10,13-14,19-25,27-30,63H2,1-5H3,(H2,64,82)(H,66,85)(H,67,87)(H,68,88)(H,69,90)(H,70,89)(H,71,83)(H,72,86)(H,73,91)(H,74,84)(H,94,95)/t32-,33-,38-,40-,41-,42-,43-,44-,45-,46-,47-,48-,50-/m0/s1. The number of carboxylic acids is 1. The normalized spacial score (nSPS) is 18.0. The van der Waals surface area contributed by atoms with E-state index in [1.807, 2.05) is 0 Å². The number of H-pyrrole nitrogens is 1. The van der Waals surface area contributed by atoms with Crippen LogP contribution in [0.15, 0.2) is 54.7 Å². The molecule has 0 radical (unpaired) electrons. The Labute approximate surface area is 547 Å². The first-order chi connectivity index (χ1) is 45.0. The smallest absolute Gasteiger partial charge is 0.326 e. The number of phenolic OH excluding ortho intramolecular Hbond substituents is 1. The molecule has 5 rings (SSSR count). The summed E-state index contributed by atoms with van der Waals surface area (Å²) < 4.78 is 0. The number of aromatic hydroxyl groups is 1. The Bertz CT molecular complexity index is 3220. The monoisotopic (exact) mass is 1330 g/mol. The number of nitrogens with one attached hydrogen (secondary N) is 10. The fraction of sp³-hybridized carbons (Fsp3) is 0.565. The van der Waals surface area contributed by atoms with Crippen molar-refractivity contribution in [3.63, 3.8) is 0 Å². The lowest BCUT2D eigenvalue weighted by molar-refractivity contribution is -0.148. The summed E-state index contributed by atoms with van der Waals surface area (Å²) >= 11 is 0. The van der Waals surface area contributed by atoms with E-state index in [1.54, 1.807) is 58.2 Å². The molecule has 95 heavy (non-hydrogen) atoms. The van der Waals surface area contributed by atoms with Crippen LogP contribution < -0.4 is 59.3 Å². The SMILES string of the molecule is CC[C@H](C)[C@H](NC(=O)[C@@H](N)CO)C(=O)N[C@@H](CO)C(=O)N[C@@H](Cc1c[nH]c2ccccc12)C(=O)N[C@@H](C)C(=O)N[C@@H](CO)C(=O)N[C@@H](CCC(N)=O)C(=O)N1CCC[C@H]1C(=O)N1CCC[C@H]1C(=O)N[C@@H](Cc1ccc(O)cc1)C(=O)N[C@@H](CO)C(=O)N[C@@H](CC(C)C)C(=O)O. The van der Waals surface area contributed by atoms with E-state index in [2.05, 4.69) is 52.8 Å². The van der Waals surface area contributed by atoms with Crippen molar-refractivity contribution in [2.75, 3.05) is 39.5 Å². The highest BCUT2D eigenvalue weighted by Gasteiger charge is 2.45. The van der Waals surface area contributed by atoms with Crippen molar-refractivity contribution in [1.29, 1.82) is 0 Å². The Morgan fingerprint density at radius 2 is 1.09 bits per heavy atom. The summed E-state index contributed by atoms with van der Waals surface area (Å²) in [5.74, 6) is -13.4. The molecule has 33 heteroatoms. The topological polar surface area (TPSA) is 526 Å². The summed E-state index contributed by atoms with van der Waals surface area (Å²) in [5.41, 5.74) is 12.7. The third-order valence-electron chi connectivity index (χ3n) is 16.5. The number of carbonyl (C=O) groups is 13. The van der Waals surface area contributed by atoms with Crippen molar-refractivity contribution in [3.05, 3.63) is 65.9 Å². The average molecular weight is 1340 g/mol. The van der Waals surface area contributed by atoms with E-state index < -0.39 is 195 Å². The van der Waals surface area contributed by atoms with Crippen LogP contribution in [-0.4, -0.2) is 234 Å². The third kappa shape index (κ3) is 21.6. The maximum atomic E-state index is 14.6. The molecule has 522 valence electrons. The molecular formula is C62H90N14O19. The van der Waals surface area contributed by atoms with Gasteiger partial charge in [-0.05, 0) is 86.6 Å². The number of para-hydroxylation sites is 1. The van der Waals surface area contributed by atoms with Gasteiger partial charge in [-0.2, -0.15) is 0 Å². The van der Waals surface area contributed by atoms with Crippen molar-refractivity contribution in [2.24, 2.45) is 23.3 Å². The maximum Gasteiger partial charge on any atom is 0.326 e. The number of fused-ring (bicyclic) bond motifs is 1. The van der Waals surface area contributed by atoms with Crippen molar-refractivity contribution in [1.82, 2.24) is 62.6 Å². The highest BCUT2D eigenvalue weighted by molar-refractivity contribution is 6.00. The summed E-state index contributed by atoms with van der Waals surface area (Å²) in [4.78, 5) is 182. The average Bonchev–Trinajstić information content (AvgIpc) is 1.71. The number of aliphatic hydroxyl groups is 4. The number of nitrogens with zero attached hydrogens (tertiary/aromatic N) is 2. The first-order valence-electron chi connectivity index (χ1n) is 31.4. The van der Waals surface area contributed by atoms with Gasteiger partial charge in [0, 0.05) is 49.5 Å². The van der Waals surface area contributed by atoms with Gasteiger partial charge in [0.1, 0.15) is 78.3 Å². The number of likely N-dealkylation sites (tertiary alicyclic amines) is 2. The molecule has 12 amide bonds. The number of amides is 12. The number of aliphatic hydroxyl groups excluding tert-OH is 4. The van der Waals surface area contributed by atoms with Crippen LogP contribution in [0.2, 0.25) is 0 Å². The first kappa shape index (κ1) is 76.4. The second-order valence-corrected chi connectivity index (χ2v) is 24.2. The molecule has 2 fully saturated rings. The fourth-order valence-corrected chi connectivity index (χ4v) is 10.9. The number of rotatable bonds is 36. The molecule has 2 aliphatic heterocycles. The lowest BCUT2D eigenvalue weighted by Crippen LogP contribution is -2.61. The molecule has 3 heterocycles. The Morgan fingerprint density at radius 1 is 0.579 bits per heavy atom. The van der Waals surface area contributed by atoms with E-state index >= 15 is 0 Å². The molecule has 0 saturated carbocycles. The lowest BCUT2D eigenvalue weighted by Gasteiger charge is -2.33. The van der Waals surface area contributed by atoms with Crippen LogP contribution in [0.4, 0.5) is 0 Å². The zero-order valence-electron chi connectivity index (χ0n) is 53.6. The minimum Gasteiger partial charge on any atom is -0.508 e. The number of carboxylic acid groups (broad SMARTS) is 1. The van der Waals surface area contributed by atoms with Gasteiger partial charge in [0.25, 0.3) is 0 Å². The quantitative estimate of drug-likeness (QED) is 0.0259. The van der Waals surface area contributed by atoms with Gasteiger partial charge >= 0.3 is 5.97 Å². The van der Waals surface area contributed by atoms with Crippen LogP contribution >= 0.6 is 0 Å². The molecule has 0 unspecified atom stereocenters. The van der Waals surface area contributed by atoms with Crippen molar-refractivity contribution < 1.29 is 93.0 Å². The summed E-state index contributed by atoms with van der Waals surface area (Å²) in [6.45, 7) is 4.26. The minimum atomic E-state index is -1.82. The second-order valence-electron chi connectivity index (χ2n) is 24.2. The number of benzene rings is 2. The number of aromatic nitrogens is 1. The molecule has 0 bridgehead atoms. The third-order valence-corrected chi connectivity index (χ3v) is 16.5. The Hall–Kier alpha value is -9.31. The molecule has 33 nitrogen and oxygen atoms in total. The van der Waals surface area contributed by atoms with Gasteiger partial charge in [-0.1, -0.05) is 64.4 Å². The van der Waals surface area contributed by atoms with Gasteiger partial charge in [0.05, 0.1) is 26.4 Å². The number of carbonyl (C=O) groups excluding carboxylic acids is 12. The van der Waals surface area contributed by atoms with E-state index in [0.29, 0.717) is 34.9 Å². The van der Waals surface area contributed by atoms with Gasteiger partial charge in [0.15, 0.2) is 0 Å². The van der Waals surface area contributed by atoms with Crippen LogP contribution in [0.1, 0.15) is 97.1 Å². The van der Waals surface area contributed by atoms with Crippen LogP contribution in [0.3, 0.4) is 0 Å². The summed E-state index contributed by atoms with van der Waals surface area (Å²) in [6.07, 6.45) is 1.34. The number of nitrogens with two attached hydrogens (primary N) is 2. The zero-order valence-corrected chi connectivity index (χ0v) is 53.6. The molecule has 0 aliphatic carbocycles. The first-order valence-corrected chi connectivity index (χ1v) is 31.4. The number of hydrogen-bond donors (Lipinski definition) is 18. The van der Waals surface area contributed by atoms with E-state index in [4.69, 9.17) is 11.5 Å². The Balaban J connectivity index is 1.29. The predicted octanol–water partition coefficient (Wildman–Crippen LogP) is -5.24. The number of hydrogen-bond acceptors (Lipinski definition) is 19. The molecule has 2 aliphatic rings. The number of aliphatic carboxylic acids is 1. The molecule has 20 N–H and O–H groups in total. The van der Waals surface area contributed by atoms with E-state index in [9.17, 15) is 93.0 Å². The molecular weight excluding hydrogens is 1240 g/mol. The largest absolute Gasteiger partial charge is 0.508 e. The van der Waals surface area contributed by atoms with Crippen molar-refractivity contribution >= 4 is 87.8 Å². The highest BCUT2D eigenvalue weighted by Crippen LogP contribution is 2.27. The second kappa shape index (κ2) is 36.4. The molecule has 3 aromatic rings. The molecule has 0 spiro atoms. The van der Waals surface area contributed by atoms with E-state index in [-0.39, 0.29) is 63.3 Å². The van der Waals surface area contributed by atoms with Gasteiger partial charge in [0.2, 0.25) is 70.9 Å². The van der Waals surface area contributed by atoms with Crippen LogP contribution in [0.25, 0.3) is 10.9 Å².